The Bertz CT molecular complexity index is 280. The van der Waals surface area contributed by atoms with Crippen LogP contribution in [0.2, 0.25) is 0 Å². The number of nitriles is 2. The molecule has 0 aromatic carbocycles. The molecule has 0 radical (unpaired) electrons. The van der Waals surface area contributed by atoms with E-state index in [1.807, 2.05) is 0 Å². The summed E-state index contributed by atoms with van der Waals surface area (Å²) in [6.07, 6.45) is 0. The second-order valence-electron chi connectivity index (χ2n) is 1.16. The minimum Gasteiger partial charge on any atom is -0.764 e. The predicted octanol–water partition coefficient (Wildman–Crippen LogP) is -6.01. The molecule has 12 heteroatoms. The molecular formula is C2F2Li2N2O4P2. The maximum absolute atomic E-state index is 10.8. The number of halogens is 2. The van der Waals surface area contributed by atoms with E-state index >= 15 is 0 Å². The maximum Gasteiger partial charge on any atom is 1.00 e. The molecule has 14 heavy (non-hydrogen) atoms. The third kappa shape index (κ3) is 39.3. The van der Waals surface area contributed by atoms with Gasteiger partial charge < -0.3 is 9.79 Å². The average Bonchev–Trinajstić information content (AvgIpc) is 1.86. The number of rotatable bonds is 0. The monoisotopic (exact) mass is 230 g/mol. The van der Waals surface area contributed by atoms with Gasteiger partial charge in [-0.3, -0.25) is 9.13 Å². The zero-order chi connectivity index (χ0) is 10.4. The van der Waals surface area contributed by atoms with E-state index in [-0.39, 0.29) is 37.7 Å². The molecule has 0 aromatic heterocycles. The van der Waals surface area contributed by atoms with Crippen LogP contribution in [-0.4, -0.2) is 0 Å². The molecule has 0 amide bonds. The van der Waals surface area contributed by atoms with Crippen LogP contribution in [0.15, 0.2) is 0 Å². The van der Waals surface area contributed by atoms with Gasteiger partial charge in [0.1, 0.15) is 11.6 Å². The summed E-state index contributed by atoms with van der Waals surface area (Å²) in [5.74, 6) is 0.875. The predicted molar refractivity (Wildman–Crippen MR) is 28.7 cm³/mol. The second-order valence-corrected chi connectivity index (χ2v) is 3.48. The van der Waals surface area contributed by atoms with Gasteiger partial charge in [0, 0.05) is 0 Å². The number of hydrogen-bond acceptors (Lipinski definition) is 6. The first-order valence-electron chi connectivity index (χ1n) is 1.96. The summed E-state index contributed by atoms with van der Waals surface area (Å²) in [6.45, 7) is 0. The van der Waals surface area contributed by atoms with Gasteiger partial charge in [-0.05, 0) is 0 Å². The molecule has 0 heterocycles. The molecule has 0 aromatic rings. The standard InChI is InChI=1S/2CHFNO2P.2Li/c2*2-6(4,5)1-3;;/h2*(H,4,5);;/q;;2*+1/p-2. The number of nitrogens with zero attached hydrogens (tertiary/aromatic N) is 2. The van der Waals surface area contributed by atoms with E-state index in [0.717, 1.165) is 0 Å². The number of hydrogen-bond donors (Lipinski definition) is 0. The second kappa shape index (κ2) is 9.95. The summed E-state index contributed by atoms with van der Waals surface area (Å²) >= 11 is 0. The largest absolute Gasteiger partial charge is 1.00 e. The van der Waals surface area contributed by atoms with Gasteiger partial charge in [0.05, 0.1) is 0 Å². The van der Waals surface area contributed by atoms with E-state index in [0.29, 0.717) is 11.6 Å². The van der Waals surface area contributed by atoms with Gasteiger partial charge in [0.25, 0.3) is 15.4 Å². The normalized spacial score (nSPS) is 15.6. The van der Waals surface area contributed by atoms with Crippen molar-refractivity contribution in [3.63, 3.8) is 0 Å². The molecular weight excluding hydrogens is 230 g/mol. The molecule has 2 unspecified atom stereocenters. The summed E-state index contributed by atoms with van der Waals surface area (Å²) in [7, 11) is -10.2. The van der Waals surface area contributed by atoms with Gasteiger partial charge in [0.15, 0.2) is 0 Å². The first kappa shape index (κ1) is 23.9. The fraction of sp³-hybridized carbons (Fsp3) is 0. The molecule has 0 fully saturated rings. The molecule has 6 nitrogen and oxygen atoms in total. The van der Waals surface area contributed by atoms with Crippen molar-refractivity contribution in [3.8, 4) is 11.6 Å². The average molecular weight is 230 g/mol. The zero-order valence-corrected chi connectivity index (χ0v) is 8.97. The minimum absolute atomic E-state index is 0. The van der Waals surface area contributed by atoms with Crippen LogP contribution >= 0.6 is 15.4 Å². The van der Waals surface area contributed by atoms with Crippen LogP contribution in [0.25, 0.3) is 0 Å². The van der Waals surface area contributed by atoms with E-state index in [1.54, 1.807) is 0 Å². The van der Waals surface area contributed by atoms with Crippen molar-refractivity contribution in [2.75, 3.05) is 0 Å². The summed E-state index contributed by atoms with van der Waals surface area (Å²) in [4.78, 5) is 18.0. The Balaban J connectivity index is -0.0000000625. The van der Waals surface area contributed by atoms with Crippen molar-refractivity contribution < 1.29 is 65.0 Å². The van der Waals surface area contributed by atoms with Crippen molar-refractivity contribution in [1.82, 2.24) is 0 Å². The smallest absolute Gasteiger partial charge is 0.764 e. The van der Waals surface area contributed by atoms with Crippen LogP contribution < -0.4 is 47.5 Å². The fourth-order valence-corrected chi connectivity index (χ4v) is 0. The molecule has 0 spiro atoms. The molecule has 0 N–H and O–H groups in total. The van der Waals surface area contributed by atoms with Crippen molar-refractivity contribution in [3.05, 3.63) is 0 Å². The quantitative estimate of drug-likeness (QED) is 0.301. The summed E-state index contributed by atoms with van der Waals surface area (Å²) in [5, 5.41) is 14.4. The van der Waals surface area contributed by atoms with E-state index in [2.05, 4.69) is 0 Å². The third-order valence-electron chi connectivity index (χ3n) is 0.239. The van der Waals surface area contributed by atoms with Gasteiger partial charge in [0.2, 0.25) is 0 Å². The van der Waals surface area contributed by atoms with Crippen LogP contribution in [0.5, 0.6) is 0 Å². The Morgan fingerprint density at radius 3 is 1.00 bits per heavy atom. The Morgan fingerprint density at radius 1 is 0.929 bits per heavy atom. The maximum atomic E-state index is 10.8. The van der Waals surface area contributed by atoms with E-state index in [9.17, 15) is 8.39 Å². The Morgan fingerprint density at radius 2 is 1.00 bits per heavy atom. The van der Waals surface area contributed by atoms with Gasteiger partial charge in [-0.25, -0.2) is 0 Å². The Hall–Kier alpha value is 0.415. The molecule has 0 rings (SSSR count). The van der Waals surface area contributed by atoms with Crippen molar-refractivity contribution in [2.24, 2.45) is 0 Å². The van der Waals surface area contributed by atoms with E-state index in [4.69, 9.17) is 29.4 Å². The SMILES string of the molecule is N#CP(=O)([O-])F.N#CP(=O)([O-])F.[Li+].[Li+]. The molecule has 0 saturated carbocycles. The van der Waals surface area contributed by atoms with Crippen molar-refractivity contribution >= 4 is 15.4 Å². The van der Waals surface area contributed by atoms with Crippen LogP contribution in [0.1, 0.15) is 0 Å². The third-order valence-corrected chi connectivity index (χ3v) is 0.717. The summed E-state index contributed by atoms with van der Waals surface area (Å²) in [6, 6.07) is 0. The molecule has 0 aliphatic rings. The van der Waals surface area contributed by atoms with E-state index < -0.39 is 15.4 Å². The first-order chi connectivity index (χ1) is 5.12. The zero-order valence-electron chi connectivity index (χ0n) is 7.18. The molecule has 68 valence electrons. The Labute approximate surface area is 102 Å². The summed E-state index contributed by atoms with van der Waals surface area (Å²) in [5.41, 5.74) is 0. The van der Waals surface area contributed by atoms with Crippen LogP contribution in [0.4, 0.5) is 8.39 Å². The fourth-order valence-electron chi connectivity index (χ4n) is 0. The van der Waals surface area contributed by atoms with Gasteiger partial charge in [-0.15, -0.1) is 0 Å². The van der Waals surface area contributed by atoms with Crippen LogP contribution in [0, 0.1) is 22.1 Å². The molecule has 0 saturated heterocycles. The van der Waals surface area contributed by atoms with Crippen molar-refractivity contribution in [2.45, 2.75) is 0 Å². The Kier molecular flexibility index (Phi) is 17.0. The van der Waals surface area contributed by atoms with Crippen LogP contribution in [0.3, 0.4) is 0 Å². The molecule has 2 atom stereocenters. The minimum atomic E-state index is -5.09. The van der Waals surface area contributed by atoms with Crippen LogP contribution in [-0.2, 0) is 9.13 Å². The van der Waals surface area contributed by atoms with Crippen molar-refractivity contribution in [1.29, 1.82) is 10.5 Å². The molecule has 0 aliphatic heterocycles. The molecule has 0 bridgehead atoms. The first-order valence-corrected chi connectivity index (χ1v) is 4.99. The summed E-state index contributed by atoms with van der Waals surface area (Å²) < 4.78 is 39.5. The molecule has 0 aliphatic carbocycles. The topological polar surface area (TPSA) is 128 Å². The van der Waals surface area contributed by atoms with Gasteiger partial charge in [-0.2, -0.15) is 18.9 Å². The van der Waals surface area contributed by atoms with Gasteiger partial charge >= 0.3 is 37.7 Å². The van der Waals surface area contributed by atoms with E-state index in [1.165, 1.54) is 0 Å². The van der Waals surface area contributed by atoms with Gasteiger partial charge in [-0.1, -0.05) is 0 Å².